The second-order valence-electron chi connectivity index (χ2n) is 5.06. The van der Waals surface area contributed by atoms with Crippen molar-refractivity contribution in [1.82, 2.24) is 19.5 Å². The molecule has 23 heavy (non-hydrogen) atoms. The van der Waals surface area contributed by atoms with Crippen LogP contribution in [0.5, 0.6) is 5.88 Å². The Bertz CT molecular complexity index is 784. The topological polar surface area (TPSA) is 144 Å². The lowest BCUT2D eigenvalue weighted by Crippen LogP contribution is -2.37. The maximum absolute atomic E-state index is 11.3. The van der Waals surface area contributed by atoms with E-state index in [1.54, 1.807) is 0 Å². The molecule has 2 aromatic heterocycles. The normalized spacial score (nSPS) is 32.2. The first-order chi connectivity index (χ1) is 11.1. The first kappa shape index (κ1) is 14.7. The molecule has 0 bridgehead atoms. The molecular formula is C11H13N5O6P+. The molecule has 1 unspecified atom stereocenters. The van der Waals surface area contributed by atoms with E-state index in [0.29, 0.717) is 11.2 Å². The van der Waals surface area contributed by atoms with Crippen molar-refractivity contribution in [1.29, 1.82) is 0 Å². The van der Waals surface area contributed by atoms with Crippen molar-refractivity contribution in [2.75, 3.05) is 19.5 Å². The molecule has 2 aliphatic rings. The van der Waals surface area contributed by atoms with Gasteiger partial charge in [0, 0.05) is 4.57 Å². The second kappa shape index (κ2) is 5.32. The monoisotopic (exact) mass is 342 g/mol. The SMILES string of the molecule is COc1nc(N)nc2c1ncn2[C@@H]1O[C@@H]2CO[P+](=O)O[C@H]2[C@@H]1O. The number of anilines is 1. The second-order valence-corrected chi connectivity index (χ2v) is 5.98. The van der Waals surface area contributed by atoms with Gasteiger partial charge < -0.3 is 20.3 Å². The minimum atomic E-state index is -2.25. The Labute approximate surface area is 130 Å². The van der Waals surface area contributed by atoms with Crippen LogP contribution in [0.2, 0.25) is 0 Å². The Kier molecular flexibility index (Phi) is 3.39. The summed E-state index contributed by atoms with van der Waals surface area (Å²) in [6.07, 6.45) is -1.76. The minimum Gasteiger partial charge on any atom is -0.479 e. The van der Waals surface area contributed by atoms with Crippen LogP contribution in [0, 0.1) is 0 Å². The van der Waals surface area contributed by atoms with Crippen molar-refractivity contribution in [2.24, 2.45) is 0 Å². The number of nitrogens with two attached hydrogens (primary N) is 1. The van der Waals surface area contributed by atoms with E-state index in [0.717, 1.165) is 0 Å². The number of imidazole rings is 1. The fourth-order valence-electron chi connectivity index (χ4n) is 2.71. The zero-order chi connectivity index (χ0) is 16.1. The number of methoxy groups -OCH3 is 1. The first-order valence-corrected chi connectivity index (χ1v) is 7.82. The van der Waals surface area contributed by atoms with Crippen molar-refractivity contribution >= 4 is 25.4 Å². The summed E-state index contributed by atoms with van der Waals surface area (Å²) in [7, 11) is -0.813. The fraction of sp³-hybridized carbons (Fsp3) is 0.545. The smallest absolute Gasteiger partial charge is 0.479 e. The van der Waals surface area contributed by atoms with Gasteiger partial charge in [0.15, 0.2) is 23.5 Å². The molecule has 2 saturated heterocycles. The Hall–Kier alpha value is -1.91. The molecular weight excluding hydrogens is 329 g/mol. The van der Waals surface area contributed by atoms with Crippen LogP contribution in [0.15, 0.2) is 6.33 Å². The Morgan fingerprint density at radius 2 is 2.35 bits per heavy atom. The van der Waals surface area contributed by atoms with Crippen LogP contribution < -0.4 is 10.5 Å². The van der Waals surface area contributed by atoms with E-state index in [-0.39, 0.29) is 18.4 Å². The molecule has 11 nitrogen and oxygen atoms in total. The summed E-state index contributed by atoms with van der Waals surface area (Å²) in [5.41, 5.74) is 6.40. The van der Waals surface area contributed by atoms with E-state index in [1.807, 2.05) is 0 Å². The molecule has 0 radical (unpaired) electrons. The lowest BCUT2D eigenvalue weighted by molar-refractivity contribution is -0.0553. The van der Waals surface area contributed by atoms with Crippen LogP contribution in [-0.4, -0.2) is 56.7 Å². The summed E-state index contributed by atoms with van der Waals surface area (Å²) in [5, 5.41) is 10.4. The first-order valence-electron chi connectivity index (χ1n) is 6.73. The third-order valence-electron chi connectivity index (χ3n) is 3.74. The van der Waals surface area contributed by atoms with E-state index >= 15 is 0 Å². The summed E-state index contributed by atoms with van der Waals surface area (Å²) in [5.74, 6) is 0.225. The standard InChI is InChI=1S/C11H13N5O6P/c1-19-9-5-8(14-11(12)15-9)16(3-13-5)10-6(17)7-4(21-10)2-20-23(18)22-7/h3-4,6-7,10,17H,2H2,1H3,(H2,12,14,15)/q+1/t4-,6+,7-,10-/m1/s1. The molecule has 0 saturated carbocycles. The predicted octanol–water partition coefficient (Wildman–Crippen LogP) is -0.252. The van der Waals surface area contributed by atoms with Crippen LogP contribution in [0.1, 0.15) is 6.23 Å². The maximum atomic E-state index is 11.3. The third kappa shape index (κ3) is 2.25. The fourth-order valence-corrected chi connectivity index (χ4v) is 3.50. The van der Waals surface area contributed by atoms with Gasteiger partial charge in [-0.3, -0.25) is 4.57 Å². The van der Waals surface area contributed by atoms with Crippen LogP contribution in [0.25, 0.3) is 11.2 Å². The van der Waals surface area contributed by atoms with E-state index in [2.05, 4.69) is 15.0 Å². The molecule has 4 heterocycles. The van der Waals surface area contributed by atoms with E-state index in [1.165, 1.54) is 18.0 Å². The average Bonchev–Trinajstić information content (AvgIpc) is 3.08. The van der Waals surface area contributed by atoms with Crippen LogP contribution in [-0.2, 0) is 18.3 Å². The van der Waals surface area contributed by atoms with Crippen molar-refractivity contribution in [3.05, 3.63) is 6.33 Å². The molecule has 12 heteroatoms. The molecule has 2 aliphatic heterocycles. The average molecular weight is 342 g/mol. The highest BCUT2D eigenvalue weighted by Crippen LogP contribution is 2.43. The van der Waals surface area contributed by atoms with E-state index in [4.69, 9.17) is 24.3 Å². The number of hydrogen-bond acceptors (Lipinski definition) is 10. The summed E-state index contributed by atoms with van der Waals surface area (Å²) >= 11 is 0. The van der Waals surface area contributed by atoms with Gasteiger partial charge in [-0.25, -0.2) is 4.98 Å². The molecule has 2 aromatic rings. The number of fused-ring (bicyclic) bond motifs is 2. The zero-order valence-electron chi connectivity index (χ0n) is 11.9. The highest BCUT2D eigenvalue weighted by atomic mass is 31.1. The van der Waals surface area contributed by atoms with Gasteiger partial charge in [-0.2, -0.15) is 9.97 Å². The molecule has 0 amide bonds. The largest absolute Gasteiger partial charge is 0.697 e. The van der Waals surface area contributed by atoms with Gasteiger partial charge >= 0.3 is 8.25 Å². The lowest BCUT2D eigenvalue weighted by Gasteiger charge is -2.16. The quantitative estimate of drug-likeness (QED) is 0.701. The van der Waals surface area contributed by atoms with Crippen LogP contribution in [0.4, 0.5) is 5.95 Å². The zero-order valence-corrected chi connectivity index (χ0v) is 12.8. The Morgan fingerprint density at radius 3 is 3.13 bits per heavy atom. The molecule has 0 aromatic carbocycles. The highest BCUT2D eigenvalue weighted by Gasteiger charge is 2.54. The molecule has 5 atom stereocenters. The van der Waals surface area contributed by atoms with Gasteiger partial charge in [-0.15, -0.1) is 9.05 Å². The van der Waals surface area contributed by atoms with Gasteiger partial charge in [0.25, 0.3) is 0 Å². The van der Waals surface area contributed by atoms with Gasteiger partial charge in [0.05, 0.1) is 13.4 Å². The molecule has 0 spiro atoms. The predicted molar refractivity (Wildman–Crippen MR) is 74.6 cm³/mol. The molecule has 3 N–H and O–H groups in total. The van der Waals surface area contributed by atoms with Crippen LogP contribution in [0.3, 0.4) is 0 Å². The number of ether oxygens (including phenoxy) is 2. The van der Waals surface area contributed by atoms with Crippen molar-refractivity contribution < 1.29 is 28.2 Å². The molecule has 2 fully saturated rings. The summed E-state index contributed by atoms with van der Waals surface area (Å²) in [6, 6.07) is 0. The Balaban J connectivity index is 1.75. The number of hydrogen-bond donors (Lipinski definition) is 2. The van der Waals surface area contributed by atoms with E-state index in [9.17, 15) is 9.67 Å². The minimum absolute atomic E-state index is 0.00339. The van der Waals surface area contributed by atoms with Crippen molar-refractivity contribution in [3.8, 4) is 5.88 Å². The van der Waals surface area contributed by atoms with Gasteiger partial charge in [-0.05, 0) is 0 Å². The summed E-state index contributed by atoms with van der Waals surface area (Å²) in [4.78, 5) is 12.2. The van der Waals surface area contributed by atoms with Gasteiger partial charge in [0.2, 0.25) is 11.8 Å². The number of aliphatic hydroxyl groups excluding tert-OH is 1. The highest BCUT2D eigenvalue weighted by molar-refractivity contribution is 7.33. The molecule has 0 aliphatic carbocycles. The van der Waals surface area contributed by atoms with Crippen molar-refractivity contribution in [3.63, 3.8) is 0 Å². The number of aromatic nitrogens is 4. The summed E-state index contributed by atoms with van der Waals surface area (Å²) in [6.45, 7) is 0.0699. The number of nitrogens with zero attached hydrogens (tertiary/aromatic N) is 4. The van der Waals surface area contributed by atoms with Gasteiger partial charge in [-0.1, -0.05) is 0 Å². The van der Waals surface area contributed by atoms with Crippen molar-refractivity contribution in [2.45, 2.75) is 24.5 Å². The Morgan fingerprint density at radius 1 is 1.52 bits per heavy atom. The number of nitrogen functional groups attached to an aromatic ring is 1. The molecule has 122 valence electrons. The lowest BCUT2D eigenvalue weighted by atomic mass is 10.1. The molecule has 4 rings (SSSR count). The van der Waals surface area contributed by atoms with Gasteiger partial charge in [0.1, 0.15) is 18.8 Å². The van der Waals surface area contributed by atoms with Crippen LogP contribution >= 0.6 is 8.25 Å². The summed E-state index contributed by atoms with van der Waals surface area (Å²) < 4.78 is 33.8. The number of rotatable bonds is 2. The third-order valence-corrected chi connectivity index (χ3v) is 4.51. The maximum Gasteiger partial charge on any atom is 0.697 e. The number of aliphatic hydroxyl groups is 1. The van der Waals surface area contributed by atoms with E-state index < -0.39 is 32.8 Å².